The first-order valence-electron chi connectivity index (χ1n) is 8.27. The van der Waals surface area contributed by atoms with Crippen molar-refractivity contribution in [2.24, 2.45) is 0 Å². The smallest absolute Gasteiger partial charge is 0.434 e. The molecule has 0 radical (unpaired) electrons. The molecule has 2 N–H and O–H groups in total. The van der Waals surface area contributed by atoms with Gasteiger partial charge in [-0.2, -0.15) is 18.3 Å². The lowest BCUT2D eigenvalue weighted by atomic mass is 9.98. The molecule has 0 aliphatic rings. The fourth-order valence-corrected chi connectivity index (χ4v) is 2.79. The van der Waals surface area contributed by atoms with Crippen molar-refractivity contribution < 1.29 is 27.9 Å². The van der Waals surface area contributed by atoms with Gasteiger partial charge in [-0.1, -0.05) is 13.3 Å². The summed E-state index contributed by atoms with van der Waals surface area (Å²) in [5.74, 6) is -2.06. The predicted octanol–water partition coefficient (Wildman–Crippen LogP) is 3.90. The van der Waals surface area contributed by atoms with Crippen molar-refractivity contribution in [2.75, 3.05) is 0 Å². The fourth-order valence-electron chi connectivity index (χ4n) is 2.79. The molecule has 0 saturated heterocycles. The Kier molecular flexibility index (Phi) is 5.62. The average Bonchev–Trinajstić information content (AvgIpc) is 3.00. The van der Waals surface area contributed by atoms with Gasteiger partial charge in [0.15, 0.2) is 5.69 Å². The Morgan fingerprint density at radius 2 is 1.78 bits per heavy atom. The third-order valence-electron chi connectivity index (χ3n) is 3.97. The minimum atomic E-state index is -4.90. The second-order valence-electron chi connectivity index (χ2n) is 6.76. The Bertz CT molecular complexity index is 840. The Balaban J connectivity index is 2.34. The highest BCUT2D eigenvalue weighted by molar-refractivity contribution is 5.94. The van der Waals surface area contributed by atoms with Crippen LogP contribution in [-0.2, 0) is 6.18 Å². The van der Waals surface area contributed by atoms with Crippen molar-refractivity contribution in [3.05, 3.63) is 47.3 Å². The fraction of sp³-hybridized carbons (Fsp3) is 0.389. The highest BCUT2D eigenvalue weighted by atomic mass is 19.4. The molecule has 0 spiro atoms. The number of alkyl halides is 3. The van der Waals surface area contributed by atoms with Gasteiger partial charge in [0.1, 0.15) is 5.56 Å². The number of carboxylic acid groups (broad SMARTS) is 1. The highest BCUT2D eigenvalue weighted by Gasteiger charge is 2.40. The van der Waals surface area contributed by atoms with Crippen molar-refractivity contribution in [3.63, 3.8) is 0 Å². The number of hydrogen-bond acceptors (Lipinski definition) is 3. The second kappa shape index (κ2) is 7.42. The van der Waals surface area contributed by atoms with Crippen molar-refractivity contribution in [1.82, 2.24) is 15.1 Å². The number of carboxylic acids is 1. The van der Waals surface area contributed by atoms with Crippen LogP contribution >= 0.6 is 0 Å². The monoisotopic (exact) mass is 383 g/mol. The molecule has 0 fully saturated rings. The van der Waals surface area contributed by atoms with E-state index in [-0.39, 0.29) is 17.2 Å². The maximum absolute atomic E-state index is 13.3. The maximum atomic E-state index is 13.3. The van der Waals surface area contributed by atoms with E-state index in [0.29, 0.717) is 10.9 Å². The number of hydrogen-bond donors (Lipinski definition) is 2. The van der Waals surface area contributed by atoms with Gasteiger partial charge in [-0.25, -0.2) is 9.48 Å². The van der Waals surface area contributed by atoms with Crippen molar-refractivity contribution in [3.8, 4) is 5.69 Å². The molecule has 1 aromatic carbocycles. The topological polar surface area (TPSA) is 84.2 Å². The summed E-state index contributed by atoms with van der Waals surface area (Å²) in [5.41, 5.74) is -2.45. The lowest BCUT2D eigenvalue weighted by Crippen LogP contribution is -2.43. The Hall–Kier alpha value is -2.84. The first-order chi connectivity index (χ1) is 12.5. The number of carbonyl (C=O) groups is 2. The number of halogens is 3. The van der Waals surface area contributed by atoms with E-state index in [1.165, 1.54) is 24.3 Å². The van der Waals surface area contributed by atoms with E-state index in [1.807, 2.05) is 20.8 Å². The highest BCUT2D eigenvalue weighted by Crippen LogP contribution is 2.33. The standard InChI is InChI=1S/C18H20F3N3O3/c1-4-9-17(2,3)23-15(25)11-5-7-12(8-6-11)24-14(18(19,20)21)13(10-22-24)16(26)27/h5-8,10H,4,9H2,1-3H3,(H,23,25)(H,26,27). The van der Waals surface area contributed by atoms with Crippen LogP contribution in [0.5, 0.6) is 0 Å². The molecule has 0 aliphatic heterocycles. The number of nitrogens with zero attached hydrogens (tertiary/aromatic N) is 2. The SMILES string of the molecule is CCCC(C)(C)NC(=O)c1ccc(-n2ncc(C(=O)O)c2C(F)(F)F)cc1. The normalized spacial score (nSPS) is 12.1. The quantitative estimate of drug-likeness (QED) is 0.792. The molecule has 0 aliphatic carbocycles. The van der Waals surface area contributed by atoms with Crippen molar-refractivity contribution in [1.29, 1.82) is 0 Å². The molecule has 0 unspecified atom stereocenters. The number of nitrogens with one attached hydrogen (secondary N) is 1. The lowest BCUT2D eigenvalue weighted by molar-refractivity contribution is -0.143. The van der Waals surface area contributed by atoms with Crippen LogP contribution < -0.4 is 5.32 Å². The Morgan fingerprint density at radius 3 is 2.26 bits per heavy atom. The van der Waals surface area contributed by atoms with Gasteiger partial charge in [0, 0.05) is 11.1 Å². The third kappa shape index (κ3) is 4.66. The molecule has 2 rings (SSSR count). The summed E-state index contributed by atoms with van der Waals surface area (Å²) < 4.78 is 40.3. The largest absolute Gasteiger partial charge is 0.478 e. The number of amides is 1. The van der Waals surface area contributed by atoms with E-state index in [2.05, 4.69) is 10.4 Å². The molecule has 0 atom stereocenters. The molecule has 1 aromatic heterocycles. The van der Waals surface area contributed by atoms with Crippen LogP contribution in [0.15, 0.2) is 30.5 Å². The van der Waals surface area contributed by atoms with Gasteiger partial charge >= 0.3 is 12.1 Å². The van der Waals surface area contributed by atoms with Crippen LogP contribution in [-0.4, -0.2) is 32.3 Å². The minimum Gasteiger partial charge on any atom is -0.478 e. The molecular weight excluding hydrogens is 363 g/mol. The molecule has 9 heteroatoms. The van der Waals surface area contributed by atoms with Crippen LogP contribution in [0.25, 0.3) is 5.69 Å². The zero-order valence-corrected chi connectivity index (χ0v) is 15.1. The van der Waals surface area contributed by atoms with Crippen molar-refractivity contribution in [2.45, 2.75) is 45.3 Å². The second-order valence-corrected chi connectivity index (χ2v) is 6.76. The van der Waals surface area contributed by atoms with Crippen LogP contribution in [0.2, 0.25) is 0 Å². The van der Waals surface area contributed by atoms with Crippen molar-refractivity contribution >= 4 is 11.9 Å². The van der Waals surface area contributed by atoms with E-state index < -0.39 is 28.9 Å². The van der Waals surface area contributed by atoms with E-state index in [4.69, 9.17) is 5.11 Å². The van der Waals surface area contributed by atoms with E-state index in [9.17, 15) is 22.8 Å². The van der Waals surface area contributed by atoms with E-state index in [0.717, 1.165) is 12.8 Å². The summed E-state index contributed by atoms with van der Waals surface area (Å²) in [6, 6.07) is 5.31. The van der Waals surface area contributed by atoms with Gasteiger partial charge in [0.2, 0.25) is 0 Å². The predicted molar refractivity (Wildman–Crippen MR) is 92.0 cm³/mol. The summed E-state index contributed by atoms with van der Waals surface area (Å²) >= 11 is 0. The summed E-state index contributed by atoms with van der Waals surface area (Å²) in [6.45, 7) is 5.77. The Morgan fingerprint density at radius 1 is 1.19 bits per heavy atom. The Labute approximate surface area is 154 Å². The molecule has 0 bridgehead atoms. The molecule has 146 valence electrons. The molecule has 0 saturated carbocycles. The van der Waals surface area contributed by atoms with Crippen LogP contribution in [0, 0.1) is 0 Å². The number of benzene rings is 1. The average molecular weight is 383 g/mol. The first-order valence-corrected chi connectivity index (χ1v) is 8.27. The molecule has 1 amide bonds. The first kappa shape index (κ1) is 20.5. The zero-order chi connectivity index (χ0) is 20.4. The van der Waals surface area contributed by atoms with Crippen LogP contribution in [0.3, 0.4) is 0 Å². The summed E-state index contributed by atoms with van der Waals surface area (Å²) in [4.78, 5) is 23.3. The number of carbonyl (C=O) groups excluding carboxylic acids is 1. The number of aromatic carboxylic acids is 1. The van der Waals surface area contributed by atoms with Gasteiger partial charge < -0.3 is 10.4 Å². The molecule has 1 heterocycles. The summed E-state index contributed by atoms with van der Waals surface area (Å²) in [7, 11) is 0. The van der Waals surface area contributed by atoms with Gasteiger partial charge in [0.05, 0.1) is 11.9 Å². The number of aromatic nitrogens is 2. The third-order valence-corrected chi connectivity index (χ3v) is 3.97. The molecule has 2 aromatic rings. The van der Waals surface area contributed by atoms with Crippen LogP contribution in [0.1, 0.15) is 60.0 Å². The maximum Gasteiger partial charge on any atom is 0.434 e. The molecule has 27 heavy (non-hydrogen) atoms. The van der Waals surface area contributed by atoms with E-state index in [1.54, 1.807) is 0 Å². The van der Waals surface area contributed by atoms with Gasteiger partial charge in [-0.15, -0.1) is 0 Å². The van der Waals surface area contributed by atoms with E-state index >= 15 is 0 Å². The summed E-state index contributed by atoms with van der Waals surface area (Å²) in [6.07, 6.45) is -2.59. The van der Waals surface area contributed by atoms with Gasteiger partial charge in [0.25, 0.3) is 5.91 Å². The van der Waals surface area contributed by atoms with Crippen LogP contribution in [0.4, 0.5) is 13.2 Å². The minimum absolute atomic E-state index is 0.000747. The number of rotatable bonds is 6. The molecule has 6 nitrogen and oxygen atoms in total. The molecular formula is C18H20F3N3O3. The van der Waals surface area contributed by atoms with Gasteiger partial charge in [-0.05, 0) is 44.5 Å². The van der Waals surface area contributed by atoms with Gasteiger partial charge in [-0.3, -0.25) is 4.79 Å². The lowest BCUT2D eigenvalue weighted by Gasteiger charge is -2.25. The zero-order valence-electron chi connectivity index (χ0n) is 15.1. The summed E-state index contributed by atoms with van der Waals surface area (Å²) in [5, 5.41) is 15.4.